The van der Waals surface area contributed by atoms with Gasteiger partial charge in [0, 0.05) is 45.6 Å². The molecule has 5 aromatic carbocycles. The van der Waals surface area contributed by atoms with Gasteiger partial charge in [0.2, 0.25) is 0 Å². The monoisotopic (exact) mass is 604 g/mol. The van der Waals surface area contributed by atoms with Crippen LogP contribution in [-0.4, -0.2) is 33.3 Å². The van der Waals surface area contributed by atoms with Crippen molar-refractivity contribution in [1.29, 1.82) is 0 Å². The average molecular weight is 605 g/mol. The molecule has 0 bridgehead atoms. The predicted octanol–water partition coefficient (Wildman–Crippen LogP) is 8.11. The van der Waals surface area contributed by atoms with Crippen LogP contribution < -0.4 is 25.7 Å². The van der Waals surface area contributed by atoms with Crippen molar-refractivity contribution in [3.8, 4) is 5.75 Å². The van der Waals surface area contributed by atoms with Crippen molar-refractivity contribution in [2.45, 2.75) is 0 Å². The van der Waals surface area contributed by atoms with Crippen molar-refractivity contribution in [1.82, 2.24) is 0 Å². The normalized spacial score (nSPS) is 11.7. The third-order valence-electron chi connectivity index (χ3n) is 6.93. The highest BCUT2D eigenvalue weighted by Gasteiger charge is 2.32. The fourth-order valence-electron chi connectivity index (χ4n) is 4.59. The second kappa shape index (κ2) is 13.1. The summed E-state index contributed by atoms with van der Waals surface area (Å²) in [4.78, 5) is 4.04. The first kappa shape index (κ1) is 29.8. The molecule has 7 nitrogen and oxygen atoms in total. The fraction of sp³-hybridized carbons (Fsp3) is 0.118. The number of aromatic hydroxyl groups is 1. The van der Waals surface area contributed by atoms with E-state index in [1.54, 1.807) is 12.1 Å². The Labute approximate surface area is 257 Å². The standard InChI is InChI=1S/C34H33N6OPS/c1-39(2)27-19-15-25(16-20-27)35-37-31-23-24-32(41)33(38-36-26-17-21-28(22-18-26)40(3)4)34(31)42(43,29-11-7-5-8-12-29)30-13-9-6-10-14-30/h5-24,41H,1-4H3. The Hall–Kier alpha value is -4.65. The van der Waals surface area contributed by atoms with Crippen LogP contribution in [0.1, 0.15) is 0 Å². The molecule has 0 spiro atoms. The Morgan fingerprint density at radius 3 is 1.42 bits per heavy atom. The molecule has 0 saturated heterocycles. The lowest BCUT2D eigenvalue weighted by molar-refractivity contribution is 0.477. The maximum Gasteiger partial charge on any atom is 0.143 e. The van der Waals surface area contributed by atoms with Crippen LogP contribution in [0.15, 0.2) is 142 Å². The molecule has 43 heavy (non-hydrogen) atoms. The van der Waals surface area contributed by atoms with Crippen LogP contribution in [0.5, 0.6) is 5.75 Å². The third-order valence-corrected chi connectivity index (χ3v) is 11.9. The van der Waals surface area contributed by atoms with Crippen molar-refractivity contribution >= 4 is 67.9 Å². The van der Waals surface area contributed by atoms with Gasteiger partial charge in [-0.2, -0.15) is 10.2 Å². The van der Waals surface area contributed by atoms with E-state index in [0.717, 1.165) is 22.0 Å². The summed E-state index contributed by atoms with van der Waals surface area (Å²) >= 11 is 6.68. The van der Waals surface area contributed by atoms with E-state index in [1.165, 1.54) is 0 Å². The minimum atomic E-state index is -2.81. The number of azo groups is 2. The summed E-state index contributed by atoms with van der Waals surface area (Å²) in [7, 11) is 7.95. The third kappa shape index (κ3) is 6.56. The van der Waals surface area contributed by atoms with Crippen LogP contribution in [0.3, 0.4) is 0 Å². The van der Waals surface area contributed by atoms with Crippen molar-refractivity contribution < 1.29 is 5.11 Å². The number of phenolic OH excluding ortho intramolecular Hbond substituents is 1. The molecule has 0 aliphatic rings. The fourth-order valence-corrected chi connectivity index (χ4v) is 8.75. The van der Waals surface area contributed by atoms with Gasteiger partial charge < -0.3 is 14.9 Å². The molecule has 0 amide bonds. The highest BCUT2D eigenvalue weighted by Crippen LogP contribution is 2.51. The maximum absolute atomic E-state index is 11.3. The number of phenols is 1. The van der Waals surface area contributed by atoms with Crippen LogP contribution in [0.25, 0.3) is 0 Å². The van der Waals surface area contributed by atoms with E-state index >= 15 is 0 Å². The molecule has 0 radical (unpaired) electrons. The minimum absolute atomic E-state index is 0.0287. The molecule has 0 aromatic heterocycles. The molecule has 0 unspecified atom stereocenters. The highest BCUT2D eigenvalue weighted by atomic mass is 32.4. The smallest absolute Gasteiger partial charge is 0.143 e. The Balaban J connectivity index is 1.72. The molecule has 0 aliphatic carbocycles. The molecular weight excluding hydrogens is 571 g/mol. The molecule has 1 N–H and O–H groups in total. The first-order valence-corrected chi connectivity index (χ1v) is 16.5. The SMILES string of the molecule is CN(C)c1ccc(N=Nc2ccc(O)c(N=Nc3ccc(N(C)C)cc3)c2P(=S)(c2ccccc2)c2ccccc2)cc1. The van der Waals surface area contributed by atoms with Crippen molar-refractivity contribution in [2.24, 2.45) is 20.5 Å². The van der Waals surface area contributed by atoms with E-state index in [-0.39, 0.29) is 11.4 Å². The zero-order chi connectivity index (χ0) is 30.4. The minimum Gasteiger partial charge on any atom is -0.506 e. The first-order valence-electron chi connectivity index (χ1n) is 13.7. The van der Waals surface area contributed by atoms with Crippen LogP contribution in [-0.2, 0) is 11.8 Å². The Morgan fingerprint density at radius 1 is 0.535 bits per heavy atom. The summed E-state index contributed by atoms with van der Waals surface area (Å²) < 4.78 is 0. The Morgan fingerprint density at radius 2 is 0.977 bits per heavy atom. The maximum atomic E-state index is 11.3. The molecule has 0 heterocycles. The largest absolute Gasteiger partial charge is 0.506 e. The van der Waals surface area contributed by atoms with Crippen LogP contribution >= 0.6 is 6.04 Å². The lowest BCUT2D eigenvalue weighted by Gasteiger charge is -2.26. The lowest BCUT2D eigenvalue weighted by atomic mass is 10.2. The van der Waals surface area contributed by atoms with Crippen LogP contribution in [0, 0.1) is 0 Å². The predicted molar refractivity (Wildman–Crippen MR) is 184 cm³/mol. The van der Waals surface area contributed by atoms with Gasteiger partial charge >= 0.3 is 0 Å². The second-order valence-electron chi connectivity index (χ2n) is 10.3. The number of rotatable bonds is 9. The van der Waals surface area contributed by atoms with Crippen molar-refractivity contribution in [3.63, 3.8) is 0 Å². The highest BCUT2D eigenvalue weighted by molar-refractivity contribution is 8.25. The van der Waals surface area contributed by atoms with Gasteiger partial charge in [-0.15, -0.1) is 10.2 Å². The van der Waals surface area contributed by atoms with Gasteiger partial charge in [-0.25, -0.2) is 0 Å². The number of hydrogen-bond acceptors (Lipinski definition) is 8. The molecule has 9 heteroatoms. The van der Waals surface area contributed by atoms with Gasteiger partial charge in [-0.3, -0.25) is 0 Å². The van der Waals surface area contributed by atoms with Crippen LogP contribution in [0.2, 0.25) is 0 Å². The van der Waals surface area contributed by atoms with Gasteiger partial charge in [-0.05, 0) is 71.3 Å². The molecule has 0 fully saturated rings. The summed E-state index contributed by atoms with van der Waals surface area (Å²) in [5.41, 5.74) is 4.27. The van der Waals surface area contributed by atoms with Gasteiger partial charge in [0.05, 0.1) is 22.4 Å². The van der Waals surface area contributed by atoms with E-state index < -0.39 is 6.04 Å². The summed E-state index contributed by atoms with van der Waals surface area (Å²) in [5.74, 6) is -0.0287. The van der Waals surface area contributed by atoms with Gasteiger partial charge in [-0.1, -0.05) is 72.5 Å². The summed E-state index contributed by atoms with van der Waals surface area (Å²) in [6.45, 7) is 0. The summed E-state index contributed by atoms with van der Waals surface area (Å²) in [6, 6.07) is 36.0. The van der Waals surface area contributed by atoms with E-state index in [0.29, 0.717) is 22.4 Å². The number of anilines is 2. The Bertz CT molecular complexity index is 1750. The van der Waals surface area contributed by atoms with E-state index in [2.05, 4.69) is 15.3 Å². The average Bonchev–Trinajstić information content (AvgIpc) is 3.04. The van der Waals surface area contributed by atoms with E-state index in [9.17, 15) is 5.11 Å². The topological polar surface area (TPSA) is 76.1 Å². The molecule has 0 saturated carbocycles. The van der Waals surface area contributed by atoms with Crippen molar-refractivity contribution in [3.05, 3.63) is 121 Å². The Kier molecular flexibility index (Phi) is 9.10. The zero-order valence-electron chi connectivity index (χ0n) is 24.5. The molecule has 5 aromatic rings. The van der Waals surface area contributed by atoms with Gasteiger partial charge in [0.25, 0.3) is 0 Å². The molecule has 0 atom stereocenters. The molecule has 0 aliphatic heterocycles. The number of nitrogens with zero attached hydrogens (tertiary/aromatic N) is 6. The molecule has 216 valence electrons. The van der Waals surface area contributed by atoms with E-state index in [4.69, 9.17) is 16.9 Å². The molecular formula is C34H33N6OPS. The number of hydrogen-bond donors (Lipinski definition) is 1. The zero-order valence-corrected chi connectivity index (χ0v) is 26.2. The van der Waals surface area contributed by atoms with Crippen LogP contribution in [0.4, 0.5) is 34.1 Å². The summed E-state index contributed by atoms with van der Waals surface area (Å²) in [5, 5.41) is 32.2. The van der Waals surface area contributed by atoms with Crippen molar-refractivity contribution in [2.75, 3.05) is 38.0 Å². The van der Waals surface area contributed by atoms with Gasteiger partial charge in [0.1, 0.15) is 11.4 Å². The molecule has 5 rings (SSSR count). The lowest BCUT2D eigenvalue weighted by Crippen LogP contribution is -2.25. The quantitative estimate of drug-likeness (QED) is 0.136. The van der Waals surface area contributed by atoms with E-state index in [1.807, 2.05) is 147 Å². The van der Waals surface area contributed by atoms with Gasteiger partial charge in [0.15, 0.2) is 0 Å². The second-order valence-corrected chi connectivity index (χ2v) is 14.6. The first-order chi connectivity index (χ1) is 20.8. The summed E-state index contributed by atoms with van der Waals surface area (Å²) in [6.07, 6.45) is 0. The number of benzene rings is 5.